The summed E-state index contributed by atoms with van der Waals surface area (Å²) >= 11 is 3.47. The lowest BCUT2D eigenvalue weighted by Crippen LogP contribution is -2.45. The third kappa shape index (κ3) is 2.61. The average Bonchev–Trinajstić information content (AvgIpc) is 2.30. The summed E-state index contributed by atoms with van der Waals surface area (Å²) in [5.41, 5.74) is 7.59. The third-order valence-electron chi connectivity index (χ3n) is 2.83. The molecule has 2 N–H and O–H groups in total. The first-order valence-electron chi connectivity index (χ1n) is 5.52. The minimum atomic E-state index is -0.306. The summed E-state index contributed by atoms with van der Waals surface area (Å²) in [6.07, 6.45) is -0.306. The summed E-state index contributed by atoms with van der Waals surface area (Å²) < 4.78 is 6.02. The normalized spacial score (nSPS) is 20.3. The van der Waals surface area contributed by atoms with Gasteiger partial charge < -0.3 is 10.5 Å². The van der Waals surface area contributed by atoms with Crippen LogP contribution in [0.15, 0.2) is 22.7 Å². The standard InChI is InChI=1S/C12H15BrN2O2/c1-8-2-3-11(10(13)4-8)15-6-9(5-14)7-17-12(15)16/h2-4,9H,5-7,14H2,1H3. The number of hydrogen-bond donors (Lipinski definition) is 1. The Hall–Kier alpha value is -1.07. The molecule has 1 unspecified atom stereocenters. The van der Waals surface area contributed by atoms with E-state index in [2.05, 4.69) is 15.9 Å². The maximum Gasteiger partial charge on any atom is 0.414 e. The van der Waals surface area contributed by atoms with Gasteiger partial charge in [0.25, 0.3) is 0 Å². The van der Waals surface area contributed by atoms with Gasteiger partial charge in [-0.2, -0.15) is 0 Å². The number of amides is 1. The van der Waals surface area contributed by atoms with Crippen LogP contribution in [-0.4, -0.2) is 25.8 Å². The summed E-state index contributed by atoms with van der Waals surface area (Å²) in [5, 5.41) is 0. The summed E-state index contributed by atoms with van der Waals surface area (Å²) in [6, 6.07) is 5.87. The zero-order chi connectivity index (χ0) is 12.4. The number of rotatable bonds is 2. The van der Waals surface area contributed by atoms with Crippen LogP contribution in [0.1, 0.15) is 5.56 Å². The van der Waals surface area contributed by atoms with E-state index in [1.165, 1.54) is 0 Å². The van der Waals surface area contributed by atoms with Crippen molar-refractivity contribution in [3.8, 4) is 0 Å². The Kier molecular flexibility index (Phi) is 3.69. The van der Waals surface area contributed by atoms with Gasteiger partial charge in [-0.25, -0.2) is 4.79 Å². The Balaban J connectivity index is 2.27. The molecule has 0 saturated carbocycles. The lowest BCUT2D eigenvalue weighted by molar-refractivity contribution is 0.117. The SMILES string of the molecule is Cc1ccc(N2CC(CN)COC2=O)c(Br)c1. The van der Waals surface area contributed by atoms with Gasteiger partial charge in [0, 0.05) is 23.5 Å². The van der Waals surface area contributed by atoms with Crippen LogP contribution >= 0.6 is 15.9 Å². The molecule has 1 aliphatic rings. The van der Waals surface area contributed by atoms with Gasteiger partial charge in [0.15, 0.2) is 0 Å². The zero-order valence-electron chi connectivity index (χ0n) is 9.65. The van der Waals surface area contributed by atoms with E-state index >= 15 is 0 Å². The van der Waals surface area contributed by atoms with Crippen LogP contribution in [0.3, 0.4) is 0 Å². The predicted molar refractivity (Wildman–Crippen MR) is 70.1 cm³/mol. The molecular formula is C12H15BrN2O2. The number of halogens is 1. The molecule has 1 aromatic rings. The monoisotopic (exact) mass is 298 g/mol. The molecule has 1 atom stereocenters. The molecule has 17 heavy (non-hydrogen) atoms. The van der Waals surface area contributed by atoms with Crippen molar-refractivity contribution >= 4 is 27.7 Å². The Morgan fingerprint density at radius 3 is 3.00 bits per heavy atom. The number of benzene rings is 1. The van der Waals surface area contributed by atoms with Crippen molar-refractivity contribution in [3.63, 3.8) is 0 Å². The predicted octanol–water partition coefficient (Wildman–Crippen LogP) is 2.29. The molecular weight excluding hydrogens is 284 g/mol. The molecule has 1 fully saturated rings. The molecule has 2 rings (SSSR count). The zero-order valence-corrected chi connectivity index (χ0v) is 11.2. The molecule has 0 aromatic heterocycles. The molecule has 92 valence electrons. The number of hydrogen-bond acceptors (Lipinski definition) is 3. The van der Waals surface area contributed by atoms with Crippen LogP contribution in [0.2, 0.25) is 0 Å². The molecule has 0 aliphatic carbocycles. The van der Waals surface area contributed by atoms with Crippen LogP contribution in [0.4, 0.5) is 10.5 Å². The topological polar surface area (TPSA) is 55.6 Å². The highest BCUT2D eigenvalue weighted by atomic mass is 79.9. The lowest BCUT2D eigenvalue weighted by atomic mass is 10.1. The number of carbonyl (C=O) groups excluding carboxylic acids is 1. The van der Waals surface area contributed by atoms with E-state index < -0.39 is 0 Å². The fourth-order valence-corrected chi connectivity index (χ4v) is 2.53. The number of cyclic esters (lactones) is 1. The first-order valence-corrected chi connectivity index (χ1v) is 6.31. The number of carbonyl (C=O) groups is 1. The number of ether oxygens (including phenoxy) is 1. The van der Waals surface area contributed by atoms with Gasteiger partial charge in [-0.3, -0.25) is 4.90 Å². The molecule has 1 aliphatic heterocycles. The van der Waals surface area contributed by atoms with E-state index in [-0.39, 0.29) is 12.0 Å². The average molecular weight is 299 g/mol. The molecule has 0 spiro atoms. The second-order valence-electron chi connectivity index (χ2n) is 4.24. The number of aryl methyl sites for hydroxylation is 1. The largest absolute Gasteiger partial charge is 0.449 e. The van der Waals surface area contributed by atoms with E-state index in [1.54, 1.807) is 4.90 Å². The van der Waals surface area contributed by atoms with Crippen molar-refractivity contribution in [1.82, 2.24) is 0 Å². The van der Waals surface area contributed by atoms with Crippen LogP contribution in [-0.2, 0) is 4.74 Å². The van der Waals surface area contributed by atoms with Gasteiger partial charge in [0.05, 0.1) is 12.3 Å². The number of anilines is 1. The maximum absolute atomic E-state index is 11.7. The highest BCUT2D eigenvalue weighted by Crippen LogP contribution is 2.29. The van der Waals surface area contributed by atoms with Gasteiger partial charge in [0.1, 0.15) is 0 Å². The van der Waals surface area contributed by atoms with Gasteiger partial charge in [-0.05, 0) is 40.5 Å². The summed E-state index contributed by atoms with van der Waals surface area (Å²) in [5.74, 6) is 0.195. The Bertz CT molecular complexity index is 437. The molecule has 0 bridgehead atoms. The van der Waals surface area contributed by atoms with Crippen molar-refractivity contribution in [3.05, 3.63) is 28.2 Å². The summed E-state index contributed by atoms with van der Waals surface area (Å²) in [4.78, 5) is 13.4. The Labute approximate surface area is 109 Å². The Morgan fingerprint density at radius 1 is 1.59 bits per heavy atom. The van der Waals surface area contributed by atoms with Crippen LogP contribution in [0.25, 0.3) is 0 Å². The minimum absolute atomic E-state index is 0.195. The summed E-state index contributed by atoms with van der Waals surface area (Å²) in [6.45, 7) is 3.55. The van der Waals surface area contributed by atoms with Crippen molar-refractivity contribution in [2.24, 2.45) is 11.7 Å². The van der Waals surface area contributed by atoms with Gasteiger partial charge >= 0.3 is 6.09 Å². The quantitative estimate of drug-likeness (QED) is 0.911. The Morgan fingerprint density at radius 2 is 2.35 bits per heavy atom. The maximum atomic E-state index is 11.7. The van der Waals surface area contributed by atoms with Crippen molar-refractivity contribution in [1.29, 1.82) is 0 Å². The first-order chi connectivity index (χ1) is 8.11. The highest BCUT2D eigenvalue weighted by Gasteiger charge is 2.28. The van der Waals surface area contributed by atoms with Crippen molar-refractivity contribution in [2.75, 3.05) is 24.6 Å². The molecule has 1 amide bonds. The first kappa shape index (κ1) is 12.4. The van der Waals surface area contributed by atoms with Crippen molar-refractivity contribution < 1.29 is 9.53 Å². The van der Waals surface area contributed by atoms with Crippen LogP contribution < -0.4 is 10.6 Å². The van der Waals surface area contributed by atoms with Crippen molar-refractivity contribution in [2.45, 2.75) is 6.92 Å². The molecule has 1 aromatic carbocycles. The summed E-state index contributed by atoms with van der Waals surface area (Å²) in [7, 11) is 0. The second kappa shape index (κ2) is 5.06. The molecule has 1 saturated heterocycles. The second-order valence-corrected chi connectivity index (χ2v) is 5.10. The van der Waals surface area contributed by atoms with E-state index in [4.69, 9.17) is 10.5 Å². The van der Waals surface area contributed by atoms with E-state index in [9.17, 15) is 4.79 Å². The molecule has 5 heteroatoms. The minimum Gasteiger partial charge on any atom is -0.449 e. The third-order valence-corrected chi connectivity index (χ3v) is 3.47. The van der Waals surface area contributed by atoms with Gasteiger partial charge in [-0.15, -0.1) is 0 Å². The lowest BCUT2D eigenvalue weighted by Gasteiger charge is -2.32. The number of nitrogens with zero attached hydrogens (tertiary/aromatic N) is 1. The highest BCUT2D eigenvalue weighted by molar-refractivity contribution is 9.10. The van der Waals surface area contributed by atoms with Gasteiger partial charge in [0.2, 0.25) is 0 Å². The van der Waals surface area contributed by atoms with Crippen LogP contribution in [0, 0.1) is 12.8 Å². The fraction of sp³-hybridized carbons (Fsp3) is 0.417. The van der Waals surface area contributed by atoms with Gasteiger partial charge in [-0.1, -0.05) is 6.07 Å². The van der Waals surface area contributed by atoms with Crippen LogP contribution in [0.5, 0.6) is 0 Å². The van der Waals surface area contributed by atoms with E-state index in [1.807, 2.05) is 25.1 Å². The molecule has 0 radical (unpaired) electrons. The smallest absolute Gasteiger partial charge is 0.414 e. The fourth-order valence-electron chi connectivity index (χ4n) is 1.82. The molecule has 4 nitrogen and oxygen atoms in total. The number of nitrogens with two attached hydrogens (primary N) is 1. The van der Waals surface area contributed by atoms with E-state index in [0.29, 0.717) is 19.7 Å². The van der Waals surface area contributed by atoms with E-state index in [0.717, 1.165) is 15.7 Å². The molecule has 1 heterocycles.